The van der Waals surface area contributed by atoms with Gasteiger partial charge in [-0.05, 0) is 50.2 Å². The summed E-state index contributed by atoms with van der Waals surface area (Å²) in [5.41, 5.74) is 3.42. The van der Waals surface area contributed by atoms with Crippen LogP contribution >= 0.6 is 23.9 Å². The Hall–Kier alpha value is -2.15. The molecule has 2 aromatic carbocycles. The molecule has 0 unspecified atom stereocenters. The second-order valence-corrected chi connectivity index (χ2v) is 7.14. The molecule has 0 spiro atoms. The molecule has 0 bridgehead atoms. The molecule has 150 valence electrons. The number of nitrogens with zero attached hydrogens (tertiary/aromatic N) is 3. The van der Waals surface area contributed by atoms with Crippen LogP contribution in [0.4, 0.5) is 0 Å². The Morgan fingerprint density at radius 2 is 1.86 bits per heavy atom. The fourth-order valence-electron chi connectivity index (χ4n) is 2.73. The Balaban J connectivity index is 0.00000280. The van der Waals surface area contributed by atoms with Crippen molar-refractivity contribution >= 4 is 23.9 Å². The highest BCUT2D eigenvalue weighted by atomic mass is 35.5. The van der Waals surface area contributed by atoms with Crippen LogP contribution in [0.5, 0.6) is 16.7 Å². The predicted octanol–water partition coefficient (Wildman–Crippen LogP) is 5.23. The SMILES string of the molecule is CCN(C)CCc1cc(OC)c(Oc2nc(-c3ccccc3)ns2)cc1C.Cl. The zero-order valence-corrected chi connectivity index (χ0v) is 18.3. The van der Waals surface area contributed by atoms with Crippen LogP contribution in [0.3, 0.4) is 0 Å². The lowest BCUT2D eigenvalue weighted by Crippen LogP contribution is -2.20. The molecule has 5 nitrogen and oxygen atoms in total. The highest BCUT2D eigenvalue weighted by molar-refractivity contribution is 7.07. The van der Waals surface area contributed by atoms with Gasteiger partial charge in [0.25, 0.3) is 5.19 Å². The summed E-state index contributed by atoms with van der Waals surface area (Å²) >= 11 is 1.24. The van der Waals surface area contributed by atoms with E-state index in [-0.39, 0.29) is 12.4 Å². The normalized spacial score (nSPS) is 10.6. The molecular weight excluding hydrogens is 394 g/mol. The van der Waals surface area contributed by atoms with E-state index in [4.69, 9.17) is 9.47 Å². The van der Waals surface area contributed by atoms with E-state index in [0.717, 1.165) is 25.1 Å². The van der Waals surface area contributed by atoms with Gasteiger partial charge in [-0.3, -0.25) is 0 Å². The van der Waals surface area contributed by atoms with Gasteiger partial charge in [0.1, 0.15) is 0 Å². The van der Waals surface area contributed by atoms with Crippen LogP contribution in [0.25, 0.3) is 11.4 Å². The van der Waals surface area contributed by atoms with Crippen LogP contribution in [0, 0.1) is 6.92 Å². The van der Waals surface area contributed by atoms with Crippen molar-refractivity contribution in [1.29, 1.82) is 0 Å². The van der Waals surface area contributed by atoms with Crippen molar-refractivity contribution < 1.29 is 9.47 Å². The third-order valence-electron chi connectivity index (χ3n) is 4.56. The minimum absolute atomic E-state index is 0. The number of hydrogen-bond acceptors (Lipinski definition) is 6. The summed E-state index contributed by atoms with van der Waals surface area (Å²) in [6, 6.07) is 14.0. The molecule has 1 aromatic heterocycles. The van der Waals surface area contributed by atoms with E-state index >= 15 is 0 Å². The Bertz CT molecular complexity index is 887. The predicted molar refractivity (Wildman–Crippen MR) is 117 cm³/mol. The molecule has 0 radical (unpaired) electrons. The zero-order valence-electron chi connectivity index (χ0n) is 16.6. The Morgan fingerprint density at radius 1 is 1.11 bits per heavy atom. The lowest BCUT2D eigenvalue weighted by molar-refractivity contribution is 0.355. The molecule has 0 atom stereocenters. The molecule has 0 saturated heterocycles. The topological polar surface area (TPSA) is 47.5 Å². The Labute approximate surface area is 176 Å². The van der Waals surface area contributed by atoms with Gasteiger partial charge in [-0.15, -0.1) is 12.4 Å². The third kappa shape index (κ3) is 5.44. The van der Waals surface area contributed by atoms with Gasteiger partial charge >= 0.3 is 0 Å². The molecule has 0 amide bonds. The molecule has 0 N–H and O–H groups in total. The van der Waals surface area contributed by atoms with E-state index in [1.165, 1.54) is 22.7 Å². The van der Waals surface area contributed by atoms with E-state index < -0.39 is 0 Å². The van der Waals surface area contributed by atoms with Crippen molar-refractivity contribution in [2.24, 2.45) is 0 Å². The molecule has 0 aliphatic carbocycles. The monoisotopic (exact) mass is 419 g/mol. The van der Waals surface area contributed by atoms with E-state index in [9.17, 15) is 0 Å². The number of ether oxygens (including phenoxy) is 2. The van der Waals surface area contributed by atoms with Gasteiger partial charge in [-0.2, -0.15) is 9.36 Å². The largest absolute Gasteiger partial charge is 0.493 e. The van der Waals surface area contributed by atoms with Crippen LogP contribution in [0.15, 0.2) is 42.5 Å². The van der Waals surface area contributed by atoms with Crippen LogP contribution in [0.2, 0.25) is 0 Å². The van der Waals surface area contributed by atoms with Gasteiger partial charge in [-0.1, -0.05) is 37.3 Å². The lowest BCUT2D eigenvalue weighted by Gasteiger charge is -2.16. The Kier molecular flexibility index (Phi) is 8.23. The smallest absolute Gasteiger partial charge is 0.299 e. The molecule has 0 aliphatic heterocycles. The molecule has 0 aliphatic rings. The quantitative estimate of drug-likeness (QED) is 0.500. The molecule has 7 heteroatoms. The third-order valence-corrected chi connectivity index (χ3v) is 5.16. The number of aryl methyl sites for hydroxylation is 1. The molecule has 1 heterocycles. The summed E-state index contributed by atoms with van der Waals surface area (Å²) < 4.78 is 15.9. The van der Waals surface area contributed by atoms with E-state index in [1.807, 2.05) is 36.4 Å². The van der Waals surface area contributed by atoms with Gasteiger partial charge in [0.15, 0.2) is 17.3 Å². The van der Waals surface area contributed by atoms with Crippen molar-refractivity contribution in [3.8, 4) is 28.1 Å². The first kappa shape index (κ1) is 22.1. The van der Waals surface area contributed by atoms with Crippen molar-refractivity contribution in [1.82, 2.24) is 14.3 Å². The van der Waals surface area contributed by atoms with Gasteiger partial charge in [0.2, 0.25) is 0 Å². The van der Waals surface area contributed by atoms with Crippen LogP contribution < -0.4 is 9.47 Å². The van der Waals surface area contributed by atoms with Crippen LogP contribution in [0.1, 0.15) is 18.1 Å². The highest BCUT2D eigenvalue weighted by Gasteiger charge is 2.14. The first-order valence-electron chi connectivity index (χ1n) is 9.03. The summed E-state index contributed by atoms with van der Waals surface area (Å²) in [4.78, 5) is 6.79. The Morgan fingerprint density at radius 3 is 2.54 bits per heavy atom. The minimum Gasteiger partial charge on any atom is -0.493 e. The van der Waals surface area contributed by atoms with E-state index in [0.29, 0.717) is 22.5 Å². The average molecular weight is 420 g/mol. The lowest BCUT2D eigenvalue weighted by atomic mass is 10.0. The fraction of sp³-hybridized carbons (Fsp3) is 0.333. The molecule has 3 aromatic rings. The number of halogens is 1. The maximum Gasteiger partial charge on any atom is 0.299 e. The maximum atomic E-state index is 5.99. The molecule has 3 rings (SSSR count). The van der Waals surface area contributed by atoms with Gasteiger partial charge in [0, 0.05) is 23.6 Å². The number of benzene rings is 2. The van der Waals surface area contributed by atoms with Crippen molar-refractivity contribution in [3.63, 3.8) is 0 Å². The molecule has 28 heavy (non-hydrogen) atoms. The molecular formula is C21H26ClN3O2S. The van der Waals surface area contributed by atoms with Gasteiger partial charge in [-0.25, -0.2) is 0 Å². The van der Waals surface area contributed by atoms with E-state index in [2.05, 4.69) is 41.2 Å². The number of methoxy groups -OCH3 is 1. The molecule has 0 fully saturated rings. The second kappa shape index (κ2) is 10.4. The van der Waals surface area contributed by atoms with Crippen molar-refractivity contribution in [2.45, 2.75) is 20.3 Å². The van der Waals surface area contributed by atoms with Crippen LogP contribution in [-0.4, -0.2) is 41.5 Å². The van der Waals surface area contributed by atoms with Crippen molar-refractivity contribution in [2.75, 3.05) is 27.2 Å². The summed E-state index contributed by atoms with van der Waals surface area (Å²) in [5.74, 6) is 2.05. The summed E-state index contributed by atoms with van der Waals surface area (Å²) in [5, 5.41) is 0.505. The zero-order chi connectivity index (χ0) is 19.2. The van der Waals surface area contributed by atoms with E-state index in [1.54, 1.807) is 7.11 Å². The minimum atomic E-state index is 0. The summed E-state index contributed by atoms with van der Waals surface area (Å²) in [7, 11) is 3.79. The van der Waals surface area contributed by atoms with Crippen molar-refractivity contribution in [3.05, 3.63) is 53.6 Å². The first-order valence-corrected chi connectivity index (χ1v) is 9.81. The van der Waals surface area contributed by atoms with Gasteiger partial charge in [0.05, 0.1) is 7.11 Å². The first-order chi connectivity index (χ1) is 13.1. The number of rotatable bonds is 8. The number of hydrogen-bond donors (Lipinski definition) is 0. The maximum absolute atomic E-state index is 5.99. The van der Waals surface area contributed by atoms with Gasteiger partial charge < -0.3 is 14.4 Å². The summed E-state index contributed by atoms with van der Waals surface area (Å²) in [6.45, 7) is 6.31. The molecule has 0 saturated carbocycles. The number of likely N-dealkylation sites (N-methyl/N-ethyl adjacent to an activating group) is 1. The average Bonchev–Trinajstić information content (AvgIpc) is 3.16. The second-order valence-electron chi connectivity index (χ2n) is 6.43. The standard InChI is InChI=1S/C21H25N3O2S.ClH/c1-5-24(3)12-11-17-14-18(25-4)19(13-15(17)2)26-21-22-20(23-27-21)16-9-7-6-8-10-16;/h6-10,13-14H,5,11-12H2,1-4H3;1H. The number of aromatic nitrogens is 2. The fourth-order valence-corrected chi connectivity index (χ4v) is 3.30. The summed E-state index contributed by atoms with van der Waals surface area (Å²) in [6.07, 6.45) is 0.976. The van der Waals surface area contributed by atoms with Crippen LogP contribution in [-0.2, 0) is 6.42 Å². The highest BCUT2D eigenvalue weighted by Crippen LogP contribution is 2.35.